The molecular weight excluding hydrogens is 278 g/mol. The number of hydrogen-bond donors (Lipinski definition) is 1. The molecule has 0 radical (unpaired) electrons. The van der Waals surface area contributed by atoms with Crippen LogP contribution in [-0.4, -0.2) is 16.8 Å². The molecule has 3 aromatic rings. The van der Waals surface area contributed by atoms with Crippen LogP contribution in [0.15, 0.2) is 48.5 Å². The fourth-order valence-corrected chi connectivity index (χ4v) is 2.73. The molecule has 0 saturated heterocycles. The summed E-state index contributed by atoms with van der Waals surface area (Å²) < 4.78 is 13.3. The summed E-state index contributed by atoms with van der Waals surface area (Å²) in [4.78, 5) is 0. The van der Waals surface area contributed by atoms with Gasteiger partial charge in [0.2, 0.25) is 0 Å². The quantitative estimate of drug-likeness (QED) is 0.775. The fraction of sp³-hybridized carbons (Fsp3) is 0.222. The summed E-state index contributed by atoms with van der Waals surface area (Å²) in [6.45, 7) is 3.24. The van der Waals surface area contributed by atoms with E-state index in [9.17, 15) is 5.11 Å². The van der Waals surface area contributed by atoms with Crippen molar-refractivity contribution in [3.8, 4) is 17.2 Å². The van der Waals surface area contributed by atoms with E-state index in [1.807, 2.05) is 42.5 Å². The number of fused-ring (bicyclic) bond motifs is 1. The summed E-state index contributed by atoms with van der Waals surface area (Å²) in [6, 6.07) is 15.2. The van der Waals surface area contributed by atoms with Crippen LogP contribution in [0.3, 0.4) is 0 Å². The first-order chi connectivity index (χ1) is 10.7. The van der Waals surface area contributed by atoms with E-state index in [-0.39, 0.29) is 0 Å². The highest BCUT2D eigenvalue weighted by Crippen LogP contribution is 2.30. The number of phenols is 1. The minimum atomic E-state index is 0.294. The highest BCUT2D eigenvalue weighted by molar-refractivity contribution is 5.86. The predicted molar refractivity (Wildman–Crippen MR) is 86.6 cm³/mol. The Morgan fingerprint density at radius 3 is 2.55 bits per heavy atom. The SMILES string of the molecule is CCn1c(COc2ccccc2OC)cc2cccc(O)c21. The van der Waals surface area contributed by atoms with Crippen LogP contribution in [0.25, 0.3) is 10.9 Å². The van der Waals surface area contributed by atoms with Crippen LogP contribution in [-0.2, 0) is 13.2 Å². The molecule has 0 aliphatic heterocycles. The first kappa shape index (κ1) is 14.3. The van der Waals surface area contributed by atoms with Gasteiger partial charge in [-0.1, -0.05) is 24.3 Å². The van der Waals surface area contributed by atoms with Gasteiger partial charge >= 0.3 is 0 Å². The maximum absolute atomic E-state index is 10.1. The number of nitrogens with zero attached hydrogens (tertiary/aromatic N) is 1. The number of aromatic nitrogens is 1. The van der Waals surface area contributed by atoms with Crippen LogP contribution in [0.5, 0.6) is 17.2 Å². The summed E-state index contributed by atoms with van der Waals surface area (Å²) >= 11 is 0. The van der Waals surface area contributed by atoms with Crippen molar-refractivity contribution >= 4 is 10.9 Å². The van der Waals surface area contributed by atoms with E-state index in [4.69, 9.17) is 9.47 Å². The third-order valence-electron chi connectivity index (χ3n) is 3.75. The molecule has 4 nitrogen and oxygen atoms in total. The Labute approximate surface area is 129 Å². The van der Waals surface area contributed by atoms with Crippen LogP contribution in [0.4, 0.5) is 0 Å². The molecular formula is C18H19NO3. The van der Waals surface area contributed by atoms with Crippen molar-refractivity contribution in [3.05, 3.63) is 54.2 Å². The molecule has 0 fully saturated rings. The Morgan fingerprint density at radius 2 is 1.82 bits per heavy atom. The molecule has 0 saturated carbocycles. The molecule has 2 aromatic carbocycles. The number of hydrogen-bond acceptors (Lipinski definition) is 3. The van der Waals surface area contributed by atoms with Gasteiger partial charge in [0.1, 0.15) is 12.4 Å². The molecule has 1 aromatic heterocycles. The van der Waals surface area contributed by atoms with Crippen molar-refractivity contribution in [1.82, 2.24) is 4.57 Å². The lowest BCUT2D eigenvalue weighted by atomic mass is 10.2. The second kappa shape index (κ2) is 6.02. The normalized spacial score (nSPS) is 10.8. The van der Waals surface area contributed by atoms with Crippen molar-refractivity contribution < 1.29 is 14.6 Å². The zero-order valence-electron chi connectivity index (χ0n) is 12.7. The van der Waals surface area contributed by atoms with Crippen LogP contribution in [0.1, 0.15) is 12.6 Å². The molecule has 0 aliphatic carbocycles. The smallest absolute Gasteiger partial charge is 0.161 e. The standard InChI is InChI=1S/C18H19NO3/c1-3-19-14(11-13-7-6-8-15(20)18(13)19)12-22-17-10-5-4-9-16(17)21-2/h4-11,20H,3,12H2,1-2H3. The van der Waals surface area contributed by atoms with Crippen LogP contribution in [0.2, 0.25) is 0 Å². The number of aryl methyl sites for hydroxylation is 1. The van der Waals surface area contributed by atoms with E-state index in [1.165, 1.54) is 0 Å². The van der Waals surface area contributed by atoms with Gasteiger partial charge in [0, 0.05) is 11.9 Å². The minimum absolute atomic E-state index is 0.294. The van der Waals surface area contributed by atoms with Crippen molar-refractivity contribution in [2.75, 3.05) is 7.11 Å². The van der Waals surface area contributed by atoms with Gasteiger partial charge in [-0.2, -0.15) is 0 Å². The van der Waals surface area contributed by atoms with Gasteiger partial charge in [0.15, 0.2) is 11.5 Å². The van der Waals surface area contributed by atoms with E-state index in [2.05, 4.69) is 11.5 Å². The topological polar surface area (TPSA) is 43.6 Å². The molecule has 0 bridgehead atoms. The number of aromatic hydroxyl groups is 1. The molecule has 0 atom stereocenters. The maximum Gasteiger partial charge on any atom is 0.161 e. The van der Waals surface area contributed by atoms with Gasteiger partial charge in [0.05, 0.1) is 18.3 Å². The van der Waals surface area contributed by atoms with Gasteiger partial charge in [-0.3, -0.25) is 0 Å². The number of phenolic OH excluding ortho intramolecular Hbond substituents is 1. The maximum atomic E-state index is 10.1. The monoisotopic (exact) mass is 297 g/mol. The largest absolute Gasteiger partial charge is 0.506 e. The van der Waals surface area contributed by atoms with Crippen LogP contribution < -0.4 is 9.47 Å². The molecule has 0 spiro atoms. The predicted octanol–water partition coefficient (Wildman–Crippen LogP) is 3.95. The Balaban J connectivity index is 1.92. The Hall–Kier alpha value is -2.62. The average molecular weight is 297 g/mol. The number of methoxy groups -OCH3 is 1. The van der Waals surface area contributed by atoms with Gasteiger partial charge in [-0.25, -0.2) is 0 Å². The lowest BCUT2D eigenvalue weighted by Gasteiger charge is -2.12. The van der Waals surface area contributed by atoms with E-state index in [0.29, 0.717) is 23.9 Å². The van der Waals surface area contributed by atoms with Crippen molar-refractivity contribution in [2.24, 2.45) is 0 Å². The third-order valence-corrected chi connectivity index (χ3v) is 3.75. The zero-order chi connectivity index (χ0) is 15.5. The fourth-order valence-electron chi connectivity index (χ4n) is 2.73. The third kappa shape index (κ3) is 2.48. The number of benzene rings is 2. The highest BCUT2D eigenvalue weighted by Gasteiger charge is 2.12. The second-order valence-corrected chi connectivity index (χ2v) is 5.03. The molecule has 1 N–H and O–H groups in total. The molecule has 3 rings (SSSR count). The molecule has 0 aliphatic rings. The average Bonchev–Trinajstić information content (AvgIpc) is 2.92. The second-order valence-electron chi connectivity index (χ2n) is 5.03. The summed E-state index contributed by atoms with van der Waals surface area (Å²) in [5.41, 5.74) is 1.87. The van der Waals surface area contributed by atoms with E-state index in [1.54, 1.807) is 13.2 Å². The Bertz CT molecular complexity index is 792. The first-order valence-corrected chi connectivity index (χ1v) is 7.30. The van der Waals surface area contributed by atoms with E-state index >= 15 is 0 Å². The van der Waals surface area contributed by atoms with E-state index in [0.717, 1.165) is 23.1 Å². The molecule has 4 heteroatoms. The van der Waals surface area contributed by atoms with E-state index < -0.39 is 0 Å². The minimum Gasteiger partial charge on any atom is -0.506 e. The van der Waals surface area contributed by atoms with Gasteiger partial charge in [0.25, 0.3) is 0 Å². The molecule has 0 unspecified atom stereocenters. The van der Waals surface area contributed by atoms with Crippen molar-refractivity contribution in [2.45, 2.75) is 20.1 Å². The number of para-hydroxylation sites is 3. The lowest BCUT2D eigenvalue weighted by molar-refractivity contribution is 0.276. The zero-order valence-corrected chi connectivity index (χ0v) is 12.7. The Kier molecular flexibility index (Phi) is 3.92. The number of rotatable bonds is 5. The van der Waals surface area contributed by atoms with Gasteiger partial charge in [-0.15, -0.1) is 0 Å². The highest BCUT2D eigenvalue weighted by atomic mass is 16.5. The van der Waals surface area contributed by atoms with Crippen molar-refractivity contribution in [1.29, 1.82) is 0 Å². The molecule has 22 heavy (non-hydrogen) atoms. The first-order valence-electron chi connectivity index (χ1n) is 7.30. The molecule has 0 amide bonds. The van der Waals surface area contributed by atoms with Gasteiger partial charge in [-0.05, 0) is 31.2 Å². The van der Waals surface area contributed by atoms with Crippen LogP contribution >= 0.6 is 0 Å². The summed E-state index contributed by atoms with van der Waals surface area (Å²) in [5.74, 6) is 1.72. The summed E-state index contributed by atoms with van der Waals surface area (Å²) in [7, 11) is 1.63. The van der Waals surface area contributed by atoms with Crippen LogP contribution in [0, 0.1) is 0 Å². The summed E-state index contributed by atoms with van der Waals surface area (Å²) in [5, 5.41) is 11.1. The van der Waals surface area contributed by atoms with Gasteiger partial charge < -0.3 is 19.1 Å². The Morgan fingerprint density at radius 1 is 1.05 bits per heavy atom. The lowest BCUT2D eigenvalue weighted by Crippen LogP contribution is -2.05. The molecule has 1 heterocycles. The van der Waals surface area contributed by atoms with Crippen molar-refractivity contribution in [3.63, 3.8) is 0 Å². The summed E-state index contributed by atoms with van der Waals surface area (Å²) in [6.07, 6.45) is 0. The molecule has 114 valence electrons. The number of ether oxygens (including phenoxy) is 2.